The van der Waals surface area contributed by atoms with Crippen molar-refractivity contribution in [1.29, 1.82) is 0 Å². The van der Waals surface area contributed by atoms with Gasteiger partial charge < -0.3 is 9.47 Å². The van der Waals surface area contributed by atoms with Crippen LogP contribution >= 0.6 is 11.6 Å². The molecular formula is C22H18ClN3O2. The summed E-state index contributed by atoms with van der Waals surface area (Å²) in [5.74, 6) is 1.46. The number of methoxy groups -OCH3 is 1. The number of aromatic nitrogens is 1. The molecule has 6 heteroatoms. The second-order valence-corrected chi connectivity index (χ2v) is 7.17. The second kappa shape index (κ2) is 6.84. The Hall–Kier alpha value is -3.05. The summed E-state index contributed by atoms with van der Waals surface area (Å²) < 4.78 is 12.0. The molecule has 2 aromatic carbocycles. The van der Waals surface area contributed by atoms with Crippen molar-refractivity contribution in [1.82, 2.24) is 9.99 Å². The largest absolute Gasteiger partial charge is 0.493 e. The maximum absolute atomic E-state index is 6.51. The van der Waals surface area contributed by atoms with Crippen LogP contribution in [-0.2, 0) is 0 Å². The maximum Gasteiger partial charge on any atom is 0.215 e. The van der Waals surface area contributed by atoms with E-state index in [-0.39, 0.29) is 6.04 Å². The molecule has 0 saturated heterocycles. The van der Waals surface area contributed by atoms with Crippen LogP contribution < -0.4 is 9.47 Å². The highest BCUT2D eigenvalue weighted by Crippen LogP contribution is 2.51. The minimum atomic E-state index is -0.434. The number of nitrogens with zero attached hydrogens (tertiary/aromatic N) is 3. The van der Waals surface area contributed by atoms with Crippen molar-refractivity contribution < 1.29 is 9.47 Å². The topological polar surface area (TPSA) is 47.0 Å². The molecule has 5 rings (SSSR count). The van der Waals surface area contributed by atoms with Crippen molar-refractivity contribution in [3.8, 4) is 11.5 Å². The van der Waals surface area contributed by atoms with Gasteiger partial charge in [-0.2, -0.15) is 5.10 Å². The molecule has 0 N–H and O–H groups in total. The third-order valence-corrected chi connectivity index (χ3v) is 5.51. The molecule has 0 spiro atoms. The molecule has 140 valence electrons. The van der Waals surface area contributed by atoms with Gasteiger partial charge in [-0.1, -0.05) is 48.0 Å². The van der Waals surface area contributed by atoms with Crippen LogP contribution in [0.15, 0.2) is 72.1 Å². The molecule has 0 fully saturated rings. The van der Waals surface area contributed by atoms with Crippen molar-refractivity contribution in [3.63, 3.8) is 0 Å². The van der Waals surface area contributed by atoms with E-state index in [9.17, 15) is 0 Å². The van der Waals surface area contributed by atoms with Gasteiger partial charge in [0.1, 0.15) is 0 Å². The first-order chi connectivity index (χ1) is 13.8. The van der Waals surface area contributed by atoms with Crippen molar-refractivity contribution in [2.45, 2.75) is 18.7 Å². The number of halogens is 1. The van der Waals surface area contributed by atoms with Crippen LogP contribution in [0.4, 0.5) is 0 Å². The third kappa shape index (κ3) is 2.70. The molecule has 2 aliphatic rings. The monoisotopic (exact) mass is 391 g/mol. The Bertz CT molecular complexity index is 1050. The van der Waals surface area contributed by atoms with Crippen LogP contribution in [0.1, 0.15) is 35.4 Å². The van der Waals surface area contributed by atoms with E-state index in [1.165, 1.54) is 0 Å². The lowest BCUT2D eigenvalue weighted by molar-refractivity contribution is -0.0208. The zero-order valence-corrected chi connectivity index (χ0v) is 16.0. The van der Waals surface area contributed by atoms with Gasteiger partial charge in [0.05, 0.1) is 18.9 Å². The lowest BCUT2D eigenvalue weighted by Gasteiger charge is -2.38. The van der Waals surface area contributed by atoms with E-state index in [0.717, 1.165) is 34.6 Å². The minimum Gasteiger partial charge on any atom is -0.493 e. The molecule has 3 aromatic rings. The Kier molecular flexibility index (Phi) is 4.17. The number of para-hydroxylation sites is 1. The van der Waals surface area contributed by atoms with E-state index in [4.69, 9.17) is 26.2 Å². The average Bonchev–Trinajstić information content (AvgIpc) is 3.20. The van der Waals surface area contributed by atoms with Crippen molar-refractivity contribution in [2.24, 2.45) is 5.10 Å². The Morgan fingerprint density at radius 3 is 2.71 bits per heavy atom. The quantitative estimate of drug-likeness (QED) is 0.631. The van der Waals surface area contributed by atoms with Crippen LogP contribution in [0.25, 0.3) is 0 Å². The average molecular weight is 392 g/mol. The number of ether oxygens (including phenoxy) is 2. The van der Waals surface area contributed by atoms with E-state index >= 15 is 0 Å². The minimum absolute atomic E-state index is 0.0373. The SMILES string of the molecule is COc1cccc2c1O[C@@H](c1ccccc1Cl)N1N=C(c3cccnc3)C[C@@H]21. The summed E-state index contributed by atoms with van der Waals surface area (Å²) in [6, 6.07) is 17.7. The molecule has 2 aliphatic heterocycles. The highest BCUT2D eigenvalue weighted by molar-refractivity contribution is 6.31. The van der Waals surface area contributed by atoms with Gasteiger partial charge >= 0.3 is 0 Å². The van der Waals surface area contributed by atoms with Crippen molar-refractivity contribution in [3.05, 3.63) is 88.7 Å². The summed E-state index contributed by atoms with van der Waals surface area (Å²) >= 11 is 6.51. The van der Waals surface area contributed by atoms with E-state index in [2.05, 4.69) is 11.1 Å². The molecule has 28 heavy (non-hydrogen) atoms. The zero-order chi connectivity index (χ0) is 19.1. The number of hydrogen-bond acceptors (Lipinski definition) is 5. The molecule has 0 radical (unpaired) electrons. The standard InChI is InChI=1S/C22H18ClN3O2/c1-27-20-10-4-8-16-19-12-18(14-6-5-11-24-13-14)25-26(19)22(28-21(16)20)15-7-2-3-9-17(15)23/h2-11,13,19,22H,12H2,1H3/t19-,22-/m0/s1. The number of hydrogen-bond donors (Lipinski definition) is 0. The number of hydrazone groups is 1. The molecule has 0 amide bonds. The van der Waals surface area contributed by atoms with Crippen LogP contribution in [0.2, 0.25) is 5.02 Å². The summed E-state index contributed by atoms with van der Waals surface area (Å²) in [6.07, 6.45) is 3.93. The first kappa shape index (κ1) is 17.1. The van der Waals surface area contributed by atoms with Crippen LogP contribution in [0.5, 0.6) is 11.5 Å². The number of rotatable bonds is 3. The maximum atomic E-state index is 6.51. The second-order valence-electron chi connectivity index (χ2n) is 6.76. The Morgan fingerprint density at radius 1 is 1.07 bits per heavy atom. The first-order valence-corrected chi connectivity index (χ1v) is 9.48. The molecule has 0 unspecified atom stereocenters. The molecule has 1 aromatic heterocycles. The van der Waals surface area contributed by atoms with E-state index in [1.807, 2.05) is 59.7 Å². The van der Waals surface area contributed by atoms with Gasteiger partial charge in [-0.05, 0) is 18.2 Å². The number of pyridine rings is 1. The summed E-state index contributed by atoms with van der Waals surface area (Å²) in [5, 5.41) is 7.57. The highest BCUT2D eigenvalue weighted by atomic mass is 35.5. The van der Waals surface area contributed by atoms with Crippen LogP contribution in [0.3, 0.4) is 0 Å². The van der Waals surface area contributed by atoms with Gasteiger partial charge in [-0.15, -0.1) is 0 Å². The summed E-state index contributed by atoms with van der Waals surface area (Å²) in [7, 11) is 1.65. The van der Waals surface area contributed by atoms with Gasteiger partial charge in [-0.25, -0.2) is 5.01 Å². The van der Waals surface area contributed by atoms with Crippen LogP contribution in [0, 0.1) is 0 Å². The number of benzene rings is 2. The van der Waals surface area contributed by atoms with Gasteiger partial charge in [0.15, 0.2) is 11.5 Å². The summed E-state index contributed by atoms with van der Waals surface area (Å²) in [6.45, 7) is 0. The predicted molar refractivity (Wildman–Crippen MR) is 108 cm³/mol. The fourth-order valence-corrected chi connectivity index (χ4v) is 4.06. The molecule has 0 bridgehead atoms. The highest BCUT2D eigenvalue weighted by Gasteiger charge is 2.42. The first-order valence-electron chi connectivity index (χ1n) is 9.10. The molecule has 0 aliphatic carbocycles. The molecule has 0 saturated carbocycles. The van der Waals surface area contributed by atoms with Gasteiger partial charge in [0, 0.05) is 40.5 Å². The molecular weight excluding hydrogens is 374 g/mol. The Labute approximate surface area is 168 Å². The molecule has 5 nitrogen and oxygen atoms in total. The smallest absolute Gasteiger partial charge is 0.215 e. The lowest BCUT2D eigenvalue weighted by Crippen LogP contribution is -2.34. The van der Waals surface area contributed by atoms with Gasteiger partial charge in [0.2, 0.25) is 6.23 Å². The number of fused-ring (bicyclic) bond motifs is 3. The summed E-state index contributed by atoms with van der Waals surface area (Å²) in [5.41, 5.74) is 3.93. The van der Waals surface area contributed by atoms with Gasteiger partial charge in [-0.3, -0.25) is 4.98 Å². The van der Waals surface area contributed by atoms with Gasteiger partial charge in [0.25, 0.3) is 0 Å². The van der Waals surface area contributed by atoms with E-state index < -0.39 is 6.23 Å². The zero-order valence-electron chi connectivity index (χ0n) is 15.2. The van der Waals surface area contributed by atoms with E-state index in [1.54, 1.807) is 13.3 Å². The Balaban J connectivity index is 1.65. The molecule has 3 heterocycles. The normalized spacial score (nSPS) is 20.1. The third-order valence-electron chi connectivity index (χ3n) is 5.17. The van der Waals surface area contributed by atoms with Crippen LogP contribution in [-0.4, -0.2) is 22.8 Å². The fraction of sp³-hybridized carbons (Fsp3) is 0.182. The van der Waals surface area contributed by atoms with Crippen molar-refractivity contribution >= 4 is 17.3 Å². The van der Waals surface area contributed by atoms with E-state index in [0.29, 0.717) is 10.8 Å². The Morgan fingerprint density at radius 2 is 1.93 bits per heavy atom. The van der Waals surface area contributed by atoms with Crippen molar-refractivity contribution in [2.75, 3.05) is 7.11 Å². The fourth-order valence-electron chi connectivity index (χ4n) is 3.83. The molecule has 2 atom stereocenters. The lowest BCUT2D eigenvalue weighted by atomic mass is 9.96. The summed E-state index contributed by atoms with van der Waals surface area (Å²) in [4.78, 5) is 4.24. The predicted octanol–water partition coefficient (Wildman–Crippen LogP) is 4.99.